The van der Waals surface area contributed by atoms with E-state index in [1.807, 2.05) is 17.5 Å². The van der Waals surface area contributed by atoms with E-state index in [1.54, 1.807) is 59.4 Å². The molecule has 0 aliphatic carbocycles. The van der Waals surface area contributed by atoms with Crippen molar-refractivity contribution in [3.8, 4) is 0 Å². The summed E-state index contributed by atoms with van der Waals surface area (Å²) in [6.45, 7) is 0. The van der Waals surface area contributed by atoms with Gasteiger partial charge in [-0.05, 0) is 54.7 Å². The average Bonchev–Trinajstić information content (AvgIpc) is 3.36. The van der Waals surface area contributed by atoms with Crippen molar-refractivity contribution in [2.24, 2.45) is 5.14 Å². The maximum absolute atomic E-state index is 10.7. The smallest absolute Gasteiger partial charge is 0.133 e. The van der Waals surface area contributed by atoms with Gasteiger partial charge in [-0.1, -0.05) is 24.1 Å². The summed E-state index contributed by atoms with van der Waals surface area (Å²) in [5.41, 5.74) is 2.87. The van der Waals surface area contributed by atoms with Gasteiger partial charge in [-0.25, -0.2) is 24.2 Å². The van der Waals surface area contributed by atoms with Gasteiger partial charge in [-0.15, -0.1) is 22.9 Å². The second-order valence-corrected chi connectivity index (χ2v) is 8.96. The monoisotopic (exact) mass is 512 g/mol. The van der Waals surface area contributed by atoms with Crippen LogP contribution in [-0.2, 0) is 44.3 Å². The van der Waals surface area contributed by atoms with Crippen LogP contribution in [0.5, 0.6) is 0 Å². The fourth-order valence-corrected chi connectivity index (χ4v) is 4.31. The van der Waals surface area contributed by atoms with Crippen molar-refractivity contribution in [1.82, 2.24) is 4.98 Å². The normalized spacial score (nSPS) is 9.71. The van der Waals surface area contributed by atoms with E-state index in [0.717, 1.165) is 53.3 Å². The zero-order valence-electron chi connectivity index (χ0n) is 18.1. The number of carbonyl (C=O) groups excluding carboxylic acids is 4. The number of aryl methyl sites for hydroxylation is 3. The number of thiazole rings is 1. The van der Waals surface area contributed by atoms with E-state index in [4.69, 9.17) is 16.7 Å². The molecule has 0 radical (unpaired) electrons. The Morgan fingerprint density at radius 3 is 1.85 bits per heavy atom. The average molecular weight is 513 g/mol. The van der Waals surface area contributed by atoms with Crippen LogP contribution in [0.2, 0.25) is 0 Å². The fourth-order valence-electron chi connectivity index (χ4n) is 2.98. The van der Waals surface area contributed by atoms with Crippen molar-refractivity contribution in [2.75, 3.05) is 5.75 Å². The van der Waals surface area contributed by atoms with Gasteiger partial charge in [0.1, 0.15) is 23.8 Å². The Hall–Kier alpha value is -3.01. The molecule has 174 valence electrons. The van der Waals surface area contributed by atoms with Gasteiger partial charge in [-0.2, -0.15) is 0 Å². The summed E-state index contributed by atoms with van der Waals surface area (Å²) in [6.07, 6.45) is 3.33. The molecule has 0 fully saturated rings. The molecular weight excluding hydrogens is 492 g/mol. The molecule has 1 aromatic heterocycles. The van der Waals surface area contributed by atoms with Gasteiger partial charge in [0.25, 0.3) is 0 Å². The molecule has 3 rings (SSSR count). The quantitative estimate of drug-likeness (QED) is 0.255. The Kier molecular flexibility index (Phi) is 12.0. The summed E-state index contributed by atoms with van der Waals surface area (Å²) in [7, 11) is 0. The van der Waals surface area contributed by atoms with Crippen LogP contribution in [0.4, 0.5) is 0 Å². The summed E-state index contributed by atoms with van der Waals surface area (Å²) >= 11 is 8.57. The van der Waals surface area contributed by atoms with Crippen molar-refractivity contribution in [3.05, 3.63) is 84.5 Å². The molecule has 1 heterocycles. The molecule has 0 spiro atoms. The maximum Gasteiger partial charge on any atom is 0.133 e. The number of benzene rings is 2. The molecule has 0 amide bonds. The third kappa shape index (κ3) is 8.40. The van der Waals surface area contributed by atoms with Crippen molar-refractivity contribution in [1.29, 1.82) is 0 Å². The van der Waals surface area contributed by atoms with Crippen LogP contribution in [0.3, 0.4) is 0 Å². The minimum Gasteiger partial charge on any atom is -0.278 e. The number of aromatic nitrogens is 1. The van der Waals surface area contributed by atoms with Gasteiger partial charge in [0, 0.05) is 17.6 Å². The summed E-state index contributed by atoms with van der Waals surface area (Å²) in [6, 6.07) is 10.2. The molecular formula is C25H21ClN2O4S2. The highest BCUT2D eigenvalue weighted by atomic mass is 35.5. The number of hydrogen-bond acceptors (Lipinski definition) is 8. The van der Waals surface area contributed by atoms with Crippen LogP contribution in [0.25, 0.3) is 0 Å². The Labute approximate surface area is 209 Å². The number of hydrogen-bond donors (Lipinski definition) is 1. The van der Waals surface area contributed by atoms with Crippen LogP contribution < -0.4 is 26.0 Å². The molecule has 3 aromatic rings. The highest BCUT2D eigenvalue weighted by Crippen LogP contribution is 2.13. The van der Waals surface area contributed by atoms with E-state index < -0.39 is 0 Å². The third-order valence-corrected chi connectivity index (χ3v) is 6.45. The summed E-state index contributed by atoms with van der Waals surface area (Å²) in [5, 5.41) is 9.30. The standard InChI is InChI=1S/C14H10ClNO2S.C11H11NO2S/c15-6-13-9-19-14(16-13)4-2-10-1-3-11(7-17)12(5-10)8-18;12-15-5-1-2-9-3-4-10(7-13)11(6-9)8-14/h1,3,5,9H,2,4,6H2;3-4,6H,1-2,5,12H2. The minimum absolute atomic E-state index is 0.248. The second kappa shape index (κ2) is 15.0. The van der Waals surface area contributed by atoms with Crippen molar-refractivity contribution in [3.63, 3.8) is 0 Å². The number of alkyl halides is 1. The lowest BCUT2D eigenvalue weighted by atomic mass is 10.1. The molecule has 2 N–H and O–H groups in total. The first kappa shape index (κ1) is 27.2. The van der Waals surface area contributed by atoms with Crippen molar-refractivity contribution in [2.45, 2.75) is 31.6 Å². The lowest BCUT2D eigenvalue weighted by Crippen LogP contribution is -2.27. The van der Waals surface area contributed by atoms with E-state index in [9.17, 15) is 19.2 Å². The highest BCUT2D eigenvalue weighted by Gasteiger charge is 2.02. The van der Waals surface area contributed by atoms with E-state index in [-0.39, 0.29) is 20.9 Å². The largest absolute Gasteiger partial charge is 0.278 e. The molecule has 6 nitrogen and oxygen atoms in total. The third-order valence-electron chi connectivity index (χ3n) is 4.70. The number of rotatable bonds is 8. The highest BCUT2D eigenvalue weighted by molar-refractivity contribution is 7.97. The molecule has 9 heteroatoms. The number of halogens is 1. The molecule has 0 saturated carbocycles. The van der Waals surface area contributed by atoms with Crippen LogP contribution in [-0.4, -0.2) is 34.5 Å². The number of nitrogens with two attached hydrogens (primary N) is 1. The van der Waals surface area contributed by atoms with Gasteiger partial charge < -0.3 is 0 Å². The molecule has 0 atom stereocenters. The summed E-state index contributed by atoms with van der Waals surface area (Å²) in [5.74, 6) is 8.21. The molecule has 0 aliphatic rings. The molecule has 0 aliphatic heterocycles. The van der Waals surface area contributed by atoms with E-state index in [2.05, 4.69) is 4.98 Å². The first-order chi connectivity index (χ1) is 16.6. The molecule has 0 unspecified atom stereocenters. The first-order valence-electron chi connectivity index (χ1n) is 10.2. The number of nitrogens with zero attached hydrogens (tertiary/aromatic N) is 1. The van der Waals surface area contributed by atoms with Gasteiger partial charge in [0.05, 0.1) is 37.5 Å². The minimum atomic E-state index is 0.248. The lowest BCUT2D eigenvalue weighted by molar-refractivity contribution is 0.564. The second-order valence-electron chi connectivity index (χ2n) is 7.01. The van der Waals surface area contributed by atoms with Gasteiger partial charge in [-0.3, -0.25) is 5.14 Å². The molecule has 0 bridgehead atoms. The Balaban J connectivity index is 0.000000248. The zero-order valence-corrected chi connectivity index (χ0v) is 20.5. The molecule has 2 aromatic carbocycles. The first-order valence-corrected chi connectivity index (χ1v) is 12.6. The van der Waals surface area contributed by atoms with Crippen molar-refractivity contribution >= 4 is 58.7 Å². The lowest BCUT2D eigenvalue weighted by Gasteiger charge is -1.98. The van der Waals surface area contributed by atoms with Crippen LogP contribution in [0, 0.1) is 0 Å². The zero-order chi connectivity index (χ0) is 24.8. The predicted octanol–water partition coefficient (Wildman–Crippen LogP) is -0.0940. The van der Waals surface area contributed by atoms with Gasteiger partial charge in [0.15, 0.2) is 0 Å². The van der Waals surface area contributed by atoms with Gasteiger partial charge >= 0.3 is 0 Å². The summed E-state index contributed by atoms with van der Waals surface area (Å²) in [4.78, 5) is 46.7. The van der Waals surface area contributed by atoms with Crippen LogP contribution in [0.1, 0.15) is 28.2 Å². The maximum atomic E-state index is 10.7. The van der Waals surface area contributed by atoms with E-state index >= 15 is 0 Å². The van der Waals surface area contributed by atoms with E-state index in [0.29, 0.717) is 5.88 Å². The summed E-state index contributed by atoms with van der Waals surface area (Å²) < 4.78 is 0. The SMILES string of the molecule is NSCCCc1ccc(=C=O)c(=C=O)c1.O=C=c1ccc(CCc2nc(CCl)cs2)cc1=C=O. The fraction of sp³-hybridized carbons (Fsp3) is 0.240. The van der Waals surface area contributed by atoms with Crippen LogP contribution >= 0.6 is 34.9 Å². The Bertz CT molecular complexity index is 1450. The predicted molar refractivity (Wildman–Crippen MR) is 135 cm³/mol. The van der Waals surface area contributed by atoms with E-state index in [1.165, 1.54) is 11.9 Å². The van der Waals surface area contributed by atoms with Gasteiger partial charge in [0.2, 0.25) is 0 Å². The molecule has 34 heavy (non-hydrogen) atoms. The molecule has 0 saturated heterocycles. The van der Waals surface area contributed by atoms with Crippen molar-refractivity contribution < 1.29 is 19.2 Å². The Morgan fingerprint density at radius 1 is 0.824 bits per heavy atom. The van der Waals surface area contributed by atoms with Crippen LogP contribution in [0.15, 0.2) is 41.8 Å². The Morgan fingerprint density at radius 2 is 1.38 bits per heavy atom. The topological polar surface area (TPSA) is 107 Å².